The van der Waals surface area contributed by atoms with Gasteiger partial charge in [-0.3, -0.25) is 4.99 Å². The van der Waals surface area contributed by atoms with Crippen LogP contribution < -0.4 is 5.32 Å². The topological polar surface area (TPSA) is 42.2 Å². The van der Waals surface area contributed by atoms with E-state index in [1.165, 1.54) is 12.1 Å². The van der Waals surface area contributed by atoms with E-state index in [4.69, 9.17) is 4.99 Å². The molecule has 0 bridgehead atoms. The van der Waals surface area contributed by atoms with E-state index in [0.717, 1.165) is 30.1 Å². The minimum atomic E-state index is -0.239. The van der Waals surface area contributed by atoms with E-state index >= 15 is 0 Å². The second kappa shape index (κ2) is 5.68. The van der Waals surface area contributed by atoms with Crippen LogP contribution in [0.25, 0.3) is 0 Å². The molecular weight excluding hydrogens is 267 g/mol. The lowest BCUT2D eigenvalue weighted by atomic mass is 10.2. The molecule has 0 spiro atoms. The molecule has 1 aliphatic carbocycles. The number of aromatic nitrogens is 2. The van der Waals surface area contributed by atoms with Gasteiger partial charge >= 0.3 is 0 Å². The number of amidine groups is 1. The maximum absolute atomic E-state index is 13.1. The Kier molecular flexibility index (Phi) is 3.73. The molecule has 110 valence electrons. The summed E-state index contributed by atoms with van der Waals surface area (Å²) in [5.74, 6) is 1.44. The van der Waals surface area contributed by atoms with Crippen molar-refractivity contribution in [1.82, 2.24) is 9.78 Å². The quantitative estimate of drug-likeness (QED) is 0.689. The van der Waals surface area contributed by atoms with Crippen LogP contribution in [0.15, 0.2) is 41.5 Å². The average molecular weight is 286 g/mol. The van der Waals surface area contributed by atoms with Gasteiger partial charge in [-0.05, 0) is 51.0 Å². The molecule has 0 saturated heterocycles. The van der Waals surface area contributed by atoms with E-state index in [2.05, 4.69) is 24.3 Å². The fraction of sp³-hybridized carbons (Fsp3) is 0.375. The van der Waals surface area contributed by atoms with Gasteiger partial charge in [0.1, 0.15) is 17.5 Å². The Morgan fingerprint density at radius 3 is 2.62 bits per heavy atom. The van der Waals surface area contributed by atoms with Crippen molar-refractivity contribution in [3.05, 3.63) is 47.9 Å². The summed E-state index contributed by atoms with van der Waals surface area (Å²) in [4.78, 5) is 4.71. The van der Waals surface area contributed by atoms with Gasteiger partial charge < -0.3 is 5.32 Å². The maximum Gasteiger partial charge on any atom is 0.134 e. The lowest BCUT2D eigenvalue weighted by Gasteiger charge is -2.14. The smallest absolute Gasteiger partial charge is 0.134 e. The fourth-order valence-corrected chi connectivity index (χ4v) is 2.12. The largest absolute Gasteiger partial charge is 0.325 e. The molecule has 5 heteroatoms. The summed E-state index contributed by atoms with van der Waals surface area (Å²) in [6.07, 6.45) is 4.01. The second-order valence-electron chi connectivity index (χ2n) is 5.60. The molecule has 3 rings (SSSR count). The number of hydrogen-bond donors (Lipinski definition) is 1. The molecule has 2 aromatic rings. The molecule has 1 aromatic carbocycles. The van der Waals surface area contributed by atoms with Gasteiger partial charge in [-0.25, -0.2) is 9.07 Å². The molecule has 1 aromatic heterocycles. The summed E-state index contributed by atoms with van der Waals surface area (Å²) in [7, 11) is 0. The van der Waals surface area contributed by atoms with E-state index in [1.54, 1.807) is 18.3 Å². The number of anilines is 1. The van der Waals surface area contributed by atoms with Crippen LogP contribution in [0.1, 0.15) is 38.3 Å². The molecule has 1 aliphatic rings. The summed E-state index contributed by atoms with van der Waals surface area (Å²) in [5, 5.41) is 7.65. The van der Waals surface area contributed by atoms with Gasteiger partial charge in [-0.2, -0.15) is 5.10 Å². The molecule has 1 heterocycles. The zero-order chi connectivity index (χ0) is 14.8. The molecule has 4 nitrogen and oxygen atoms in total. The molecule has 0 atom stereocenters. The van der Waals surface area contributed by atoms with Crippen LogP contribution in [-0.2, 0) is 0 Å². The van der Waals surface area contributed by atoms with Crippen molar-refractivity contribution in [2.75, 3.05) is 5.32 Å². The normalized spacial score (nSPS) is 15.5. The predicted octanol–water partition coefficient (Wildman–Crippen LogP) is 3.62. The van der Waals surface area contributed by atoms with Gasteiger partial charge in [-0.15, -0.1) is 0 Å². The van der Waals surface area contributed by atoms with Crippen LogP contribution in [-0.4, -0.2) is 21.7 Å². The molecule has 1 saturated carbocycles. The van der Waals surface area contributed by atoms with Crippen LogP contribution in [0.4, 0.5) is 10.2 Å². The number of halogens is 1. The summed E-state index contributed by atoms with van der Waals surface area (Å²) in [6, 6.07) is 8.98. The number of benzene rings is 1. The number of nitrogens with zero attached hydrogens (tertiary/aromatic N) is 3. The fourth-order valence-electron chi connectivity index (χ4n) is 2.12. The molecule has 1 N–H and O–H groups in total. The van der Waals surface area contributed by atoms with Gasteiger partial charge in [-0.1, -0.05) is 0 Å². The van der Waals surface area contributed by atoms with E-state index in [0.29, 0.717) is 6.04 Å². The first-order chi connectivity index (χ1) is 10.1. The first-order valence-corrected chi connectivity index (χ1v) is 7.28. The minimum absolute atomic E-state index is 0.239. The van der Waals surface area contributed by atoms with Crippen LogP contribution in [0.3, 0.4) is 0 Å². The highest BCUT2D eigenvalue weighted by molar-refractivity contribution is 6.08. The van der Waals surface area contributed by atoms with Crippen molar-refractivity contribution < 1.29 is 4.39 Å². The molecule has 0 aliphatic heterocycles. The molecule has 21 heavy (non-hydrogen) atoms. The minimum Gasteiger partial charge on any atom is -0.325 e. The monoisotopic (exact) mass is 286 g/mol. The molecule has 1 fully saturated rings. The van der Waals surface area contributed by atoms with Crippen LogP contribution in [0, 0.1) is 5.82 Å². The van der Waals surface area contributed by atoms with Gasteiger partial charge in [0.2, 0.25) is 0 Å². The third-order valence-corrected chi connectivity index (χ3v) is 3.38. The summed E-state index contributed by atoms with van der Waals surface area (Å²) in [6.45, 7) is 4.15. The second-order valence-corrected chi connectivity index (χ2v) is 5.60. The SMILES string of the molecule is CC(C)n1nccc1NC(=NC1CC1)c1ccc(F)cc1. The predicted molar refractivity (Wildman–Crippen MR) is 82.2 cm³/mol. The van der Waals surface area contributed by atoms with E-state index in [-0.39, 0.29) is 11.9 Å². The zero-order valence-corrected chi connectivity index (χ0v) is 12.3. The average Bonchev–Trinajstić information content (AvgIpc) is 3.14. The van der Waals surface area contributed by atoms with E-state index in [9.17, 15) is 4.39 Å². The highest BCUT2D eigenvalue weighted by atomic mass is 19.1. The van der Waals surface area contributed by atoms with Crippen LogP contribution in [0.5, 0.6) is 0 Å². The molecule has 0 amide bonds. The first kappa shape index (κ1) is 13.8. The van der Waals surface area contributed by atoms with Crippen molar-refractivity contribution in [2.24, 2.45) is 4.99 Å². The van der Waals surface area contributed by atoms with Gasteiger partial charge in [0, 0.05) is 17.7 Å². The summed E-state index contributed by atoms with van der Waals surface area (Å²) in [5.41, 5.74) is 0.889. The first-order valence-electron chi connectivity index (χ1n) is 7.28. The Morgan fingerprint density at radius 1 is 1.29 bits per heavy atom. The Labute approximate surface area is 123 Å². The van der Waals surface area contributed by atoms with Gasteiger partial charge in [0.05, 0.1) is 12.2 Å². The molecule has 0 radical (unpaired) electrons. The van der Waals surface area contributed by atoms with Crippen molar-refractivity contribution >= 4 is 11.7 Å². The zero-order valence-electron chi connectivity index (χ0n) is 12.3. The van der Waals surface area contributed by atoms with Crippen molar-refractivity contribution in [3.8, 4) is 0 Å². The van der Waals surface area contributed by atoms with Crippen LogP contribution in [0.2, 0.25) is 0 Å². The molecule has 0 unspecified atom stereocenters. The van der Waals surface area contributed by atoms with Crippen LogP contribution >= 0.6 is 0 Å². The van der Waals surface area contributed by atoms with E-state index < -0.39 is 0 Å². The highest BCUT2D eigenvalue weighted by Crippen LogP contribution is 2.25. The summed E-state index contributed by atoms with van der Waals surface area (Å²) < 4.78 is 15.0. The Hall–Kier alpha value is -2.17. The maximum atomic E-state index is 13.1. The number of nitrogens with one attached hydrogen (secondary N) is 1. The highest BCUT2D eigenvalue weighted by Gasteiger charge is 2.22. The standard InChI is InChI=1S/C16H19FN4/c1-11(2)21-15(9-10-18-21)20-16(19-14-7-8-14)12-3-5-13(17)6-4-12/h3-6,9-11,14H,7-8H2,1-2H3,(H,19,20). The van der Waals surface area contributed by atoms with Crippen molar-refractivity contribution in [3.63, 3.8) is 0 Å². The number of rotatable bonds is 4. The number of aliphatic imine (C=N–C) groups is 1. The lowest BCUT2D eigenvalue weighted by Crippen LogP contribution is -2.18. The van der Waals surface area contributed by atoms with Crippen molar-refractivity contribution in [1.29, 1.82) is 0 Å². The van der Waals surface area contributed by atoms with Crippen molar-refractivity contribution in [2.45, 2.75) is 38.8 Å². The molecular formula is C16H19FN4. The Bertz CT molecular complexity index is 639. The van der Waals surface area contributed by atoms with Gasteiger partial charge in [0.25, 0.3) is 0 Å². The Morgan fingerprint density at radius 2 is 2.00 bits per heavy atom. The third kappa shape index (κ3) is 3.29. The third-order valence-electron chi connectivity index (χ3n) is 3.38. The Balaban J connectivity index is 1.89. The van der Waals surface area contributed by atoms with Gasteiger partial charge in [0.15, 0.2) is 0 Å². The lowest BCUT2D eigenvalue weighted by molar-refractivity contribution is 0.540. The van der Waals surface area contributed by atoms with E-state index in [1.807, 2.05) is 10.7 Å². The number of hydrogen-bond acceptors (Lipinski definition) is 2. The summed E-state index contributed by atoms with van der Waals surface area (Å²) >= 11 is 0.